The molecule has 3 N–H and O–H groups in total. The molecule has 0 fully saturated rings. The van der Waals surface area contributed by atoms with Gasteiger partial charge in [0, 0.05) is 6.07 Å². The number of hydrogen-bond acceptors (Lipinski definition) is 4. The third kappa shape index (κ3) is 4.19. The van der Waals surface area contributed by atoms with Gasteiger partial charge < -0.3 is 14.9 Å². The third-order valence-corrected chi connectivity index (χ3v) is 2.64. The highest BCUT2D eigenvalue weighted by Crippen LogP contribution is 2.16. The Kier molecular flexibility index (Phi) is 4.64. The zero-order chi connectivity index (χ0) is 13.5. The molecule has 0 aliphatic heterocycles. The van der Waals surface area contributed by atoms with Crippen molar-refractivity contribution in [2.45, 2.75) is 6.92 Å². The molecule has 4 nitrogen and oxygen atoms in total. The number of anilines is 1. The van der Waals surface area contributed by atoms with E-state index in [2.05, 4.69) is 5.43 Å². The predicted octanol–water partition coefficient (Wildman–Crippen LogP) is 2.74. The van der Waals surface area contributed by atoms with Gasteiger partial charge in [0.25, 0.3) is 0 Å². The van der Waals surface area contributed by atoms with Crippen molar-refractivity contribution in [3.63, 3.8) is 0 Å². The molecule has 0 unspecified atom stereocenters. The first-order valence-corrected chi connectivity index (χ1v) is 6.17. The fraction of sp³-hybridized carbons (Fsp3) is 0.200. The van der Waals surface area contributed by atoms with Crippen LogP contribution in [0.15, 0.2) is 48.5 Å². The Morgan fingerprint density at radius 3 is 2.32 bits per heavy atom. The van der Waals surface area contributed by atoms with Crippen molar-refractivity contribution in [3.05, 3.63) is 54.1 Å². The summed E-state index contributed by atoms with van der Waals surface area (Å²) >= 11 is 0. The molecule has 2 aromatic rings. The molecule has 0 saturated heterocycles. The maximum atomic E-state index is 5.57. The number of benzene rings is 2. The maximum Gasteiger partial charge on any atom is 0.122 e. The molecule has 0 saturated carbocycles. The Morgan fingerprint density at radius 2 is 1.63 bits per heavy atom. The van der Waals surface area contributed by atoms with Gasteiger partial charge >= 0.3 is 0 Å². The van der Waals surface area contributed by atoms with Crippen LogP contribution in [0.2, 0.25) is 0 Å². The van der Waals surface area contributed by atoms with Crippen LogP contribution in [-0.4, -0.2) is 13.2 Å². The lowest BCUT2D eigenvalue weighted by Crippen LogP contribution is -2.10. The van der Waals surface area contributed by atoms with Crippen molar-refractivity contribution in [1.29, 1.82) is 0 Å². The summed E-state index contributed by atoms with van der Waals surface area (Å²) in [5.74, 6) is 6.95. The molecule has 0 aromatic heterocycles. The molecule has 0 bridgehead atoms. The number of ether oxygens (including phenoxy) is 2. The Morgan fingerprint density at radius 1 is 0.947 bits per heavy atom. The van der Waals surface area contributed by atoms with Crippen molar-refractivity contribution >= 4 is 5.69 Å². The summed E-state index contributed by atoms with van der Waals surface area (Å²) < 4.78 is 11.1. The number of rotatable bonds is 6. The van der Waals surface area contributed by atoms with E-state index >= 15 is 0 Å². The third-order valence-electron chi connectivity index (χ3n) is 2.64. The highest BCUT2D eigenvalue weighted by molar-refractivity contribution is 5.46. The fourth-order valence-corrected chi connectivity index (χ4v) is 1.63. The topological polar surface area (TPSA) is 56.5 Å². The average molecular weight is 258 g/mol. The summed E-state index contributed by atoms with van der Waals surface area (Å²) in [6, 6.07) is 15.4. The van der Waals surface area contributed by atoms with Gasteiger partial charge in [-0.05, 0) is 31.2 Å². The standard InChI is InChI=1S/C15H18N2O2/c1-12-5-7-14(8-6-12)18-9-10-19-15-4-2-3-13(11-15)17-16/h2-8,11,17H,9-10,16H2,1H3. The normalized spacial score (nSPS) is 10.0. The first-order valence-electron chi connectivity index (χ1n) is 6.17. The van der Waals surface area contributed by atoms with Crippen LogP contribution in [0.1, 0.15) is 5.56 Å². The van der Waals surface area contributed by atoms with Gasteiger partial charge in [-0.3, -0.25) is 5.84 Å². The van der Waals surface area contributed by atoms with Crippen molar-refractivity contribution < 1.29 is 9.47 Å². The van der Waals surface area contributed by atoms with Crippen LogP contribution in [0.5, 0.6) is 11.5 Å². The molecule has 100 valence electrons. The van der Waals surface area contributed by atoms with Gasteiger partial charge in [0.1, 0.15) is 24.7 Å². The molecule has 0 spiro atoms. The molecule has 0 aliphatic rings. The van der Waals surface area contributed by atoms with Crippen molar-refractivity contribution in [3.8, 4) is 11.5 Å². The number of nitrogens with one attached hydrogen (secondary N) is 1. The van der Waals surface area contributed by atoms with Gasteiger partial charge in [0.2, 0.25) is 0 Å². The summed E-state index contributed by atoms with van der Waals surface area (Å²) in [7, 11) is 0. The second kappa shape index (κ2) is 6.66. The molecule has 0 amide bonds. The van der Waals surface area contributed by atoms with E-state index in [1.54, 1.807) is 0 Å². The number of nitrogen functional groups attached to an aromatic ring is 1. The molecule has 0 radical (unpaired) electrons. The number of aryl methyl sites for hydroxylation is 1. The smallest absolute Gasteiger partial charge is 0.122 e. The van der Waals surface area contributed by atoms with Crippen molar-refractivity contribution in [2.75, 3.05) is 18.6 Å². The molecule has 0 atom stereocenters. The Bertz CT molecular complexity index is 512. The summed E-state index contributed by atoms with van der Waals surface area (Å²) in [5, 5.41) is 0. The minimum atomic E-state index is 0.488. The van der Waals surface area contributed by atoms with Crippen LogP contribution in [0.25, 0.3) is 0 Å². The largest absolute Gasteiger partial charge is 0.490 e. The van der Waals surface area contributed by atoms with Crippen LogP contribution < -0.4 is 20.7 Å². The van der Waals surface area contributed by atoms with E-state index in [0.717, 1.165) is 17.2 Å². The van der Waals surface area contributed by atoms with Crippen molar-refractivity contribution in [2.24, 2.45) is 5.84 Å². The first-order chi connectivity index (χ1) is 9.28. The lowest BCUT2D eigenvalue weighted by Gasteiger charge is -2.09. The summed E-state index contributed by atoms with van der Waals surface area (Å²) in [4.78, 5) is 0. The highest BCUT2D eigenvalue weighted by Gasteiger charge is 1.97. The average Bonchev–Trinajstić information content (AvgIpc) is 2.46. The summed E-state index contributed by atoms with van der Waals surface area (Å²) in [5.41, 5.74) is 4.61. The van der Waals surface area contributed by atoms with Gasteiger partial charge in [-0.15, -0.1) is 0 Å². The zero-order valence-corrected chi connectivity index (χ0v) is 10.9. The Labute approximate surface area is 113 Å². The van der Waals surface area contributed by atoms with Crippen LogP contribution in [0.3, 0.4) is 0 Å². The lowest BCUT2D eigenvalue weighted by atomic mass is 10.2. The van der Waals surface area contributed by atoms with E-state index in [-0.39, 0.29) is 0 Å². The van der Waals surface area contributed by atoms with E-state index in [4.69, 9.17) is 15.3 Å². The summed E-state index contributed by atoms with van der Waals surface area (Å²) in [6.45, 7) is 3.04. The fourth-order valence-electron chi connectivity index (χ4n) is 1.63. The quantitative estimate of drug-likeness (QED) is 0.475. The second-order valence-corrected chi connectivity index (χ2v) is 4.18. The second-order valence-electron chi connectivity index (χ2n) is 4.18. The molecule has 19 heavy (non-hydrogen) atoms. The van der Waals surface area contributed by atoms with E-state index < -0.39 is 0 Å². The molecule has 2 rings (SSSR count). The van der Waals surface area contributed by atoms with Crippen LogP contribution in [0.4, 0.5) is 5.69 Å². The molecule has 0 heterocycles. The Balaban J connectivity index is 1.75. The minimum absolute atomic E-state index is 0.488. The van der Waals surface area contributed by atoms with Gasteiger partial charge in [-0.25, -0.2) is 0 Å². The van der Waals surface area contributed by atoms with E-state index in [1.807, 2.05) is 55.5 Å². The van der Waals surface area contributed by atoms with Gasteiger partial charge in [0.05, 0.1) is 5.69 Å². The molecular weight excluding hydrogens is 240 g/mol. The van der Waals surface area contributed by atoms with E-state index in [9.17, 15) is 0 Å². The molecule has 4 heteroatoms. The van der Waals surface area contributed by atoms with Crippen LogP contribution in [-0.2, 0) is 0 Å². The maximum absolute atomic E-state index is 5.57. The number of hydrazine groups is 1. The monoisotopic (exact) mass is 258 g/mol. The molecule has 0 aliphatic carbocycles. The number of hydrogen-bond donors (Lipinski definition) is 2. The minimum Gasteiger partial charge on any atom is -0.490 e. The number of nitrogens with two attached hydrogens (primary N) is 1. The lowest BCUT2D eigenvalue weighted by molar-refractivity contribution is 0.217. The van der Waals surface area contributed by atoms with Crippen molar-refractivity contribution in [1.82, 2.24) is 0 Å². The van der Waals surface area contributed by atoms with Gasteiger partial charge in [0.15, 0.2) is 0 Å². The Hall–Kier alpha value is -2.20. The van der Waals surface area contributed by atoms with Crippen LogP contribution in [0, 0.1) is 6.92 Å². The van der Waals surface area contributed by atoms with E-state index in [1.165, 1.54) is 5.56 Å². The highest BCUT2D eigenvalue weighted by atomic mass is 16.5. The molecular formula is C15H18N2O2. The first kappa shape index (κ1) is 13.2. The van der Waals surface area contributed by atoms with Gasteiger partial charge in [-0.1, -0.05) is 23.8 Å². The summed E-state index contributed by atoms with van der Waals surface area (Å²) in [6.07, 6.45) is 0. The van der Waals surface area contributed by atoms with Gasteiger partial charge in [-0.2, -0.15) is 0 Å². The van der Waals surface area contributed by atoms with E-state index in [0.29, 0.717) is 13.2 Å². The SMILES string of the molecule is Cc1ccc(OCCOc2cccc(NN)c2)cc1. The van der Waals surface area contributed by atoms with Crippen LogP contribution >= 0.6 is 0 Å². The zero-order valence-electron chi connectivity index (χ0n) is 10.9. The molecule has 2 aromatic carbocycles. The predicted molar refractivity (Wildman–Crippen MR) is 76.4 cm³/mol.